The molecule has 2 aliphatic rings. The van der Waals surface area contributed by atoms with Gasteiger partial charge >= 0.3 is 0 Å². The number of nitrogens with two attached hydrogens (primary N) is 2. The van der Waals surface area contributed by atoms with Crippen molar-refractivity contribution in [2.45, 2.75) is 24.4 Å². The zero-order valence-electron chi connectivity index (χ0n) is 19.3. The number of methoxy groups -OCH3 is 1. The summed E-state index contributed by atoms with van der Waals surface area (Å²) in [6.45, 7) is 6.30. The van der Waals surface area contributed by atoms with Crippen LogP contribution in [0, 0.1) is 0 Å². The van der Waals surface area contributed by atoms with Crippen LogP contribution in [-0.2, 0) is 14.3 Å². The first kappa shape index (κ1) is 24.6. The third kappa shape index (κ3) is 5.47. The molecule has 4 rings (SSSR count). The fourth-order valence-corrected chi connectivity index (χ4v) is 4.65. The molecule has 178 valence electrons. The Kier molecular flexibility index (Phi) is 8.32. The van der Waals surface area contributed by atoms with Crippen LogP contribution in [0.25, 0.3) is 11.8 Å². The van der Waals surface area contributed by atoms with E-state index < -0.39 is 0 Å². The van der Waals surface area contributed by atoms with Crippen LogP contribution in [0.5, 0.6) is 5.75 Å². The van der Waals surface area contributed by atoms with Gasteiger partial charge in [0.05, 0.1) is 12.7 Å². The SMILES string of the molecule is C=CC=O.COC1CN(C)CC1c1[nH]c(N)c(/C=C(\N)c2ccccc2O)c1C1CCOC1. The number of aromatic hydroxyl groups is 1. The standard InChI is InChI=1S/C22H30N4O3.C3H4O/c1-26-10-16(19(11-26)28-2)21-20(13-7-8-29-12-13)15(22(24)25-21)9-17(23)14-5-3-4-6-18(14)27;1-2-3-4/h3-6,9,13,16,19,25,27H,7-8,10-12,23-24H2,1-2H3;2-3H,1H2/b17-9-;. The molecule has 1 aromatic heterocycles. The fourth-order valence-electron chi connectivity index (χ4n) is 4.65. The van der Waals surface area contributed by atoms with Gasteiger partial charge in [0, 0.05) is 61.2 Å². The predicted octanol–water partition coefficient (Wildman–Crippen LogP) is 2.68. The van der Waals surface area contributed by atoms with E-state index in [0.717, 1.165) is 37.4 Å². The van der Waals surface area contributed by atoms with Gasteiger partial charge in [0.15, 0.2) is 0 Å². The van der Waals surface area contributed by atoms with Gasteiger partial charge in [-0.1, -0.05) is 18.7 Å². The second-order valence-electron chi connectivity index (χ2n) is 8.43. The molecule has 0 radical (unpaired) electrons. The summed E-state index contributed by atoms with van der Waals surface area (Å²) < 4.78 is 11.5. The van der Waals surface area contributed by atoms with Crippen molar-refractivity contribution in [3.05, 3.63) is 59.3 Å². The van der Waals surface area contributed by atoms with Gasteiger partial charge < -0.3 is 35.9 Å². The molecule has 3 unspecified atom stereocenters. The van der Waals surface area contributed by atoms with Crippen molar-refractivity contribution < 1.29 is 19.4 Å². The Morgan fingerprint density at radius 3 is 2.70 bits per heavy atom. The van der Waals surface area contributed by atoms with Crippen molar-refractivity contribution in [2.24, 2.45) is 5.73 Å². The minimum Gasteiger partial charge on any atom is -0.507 e. The molecule has 3 atom stereocenters. The maximum Gasteiger partial charge on any atom is 0.142 e. The molecular formula is C25H34N4O4. The number of nitrogens with one attached hydrogen (secondary N) is 1. The summed E-state index contributed by atoms with van der Waals surface area (Å²) >= 11 is 0. The van der Waals surface area contributed by atoms with Crippen LogP contribution in [0.1, 0.15) is 40.6 Å². The number of nitrogens with zero attached hydrogens (tertiary/aromatic N) is 1. The lowest BCUT2D eigenvalue weighted by atomic mass is 9.88. The highest BCUT2D eigenvalue weighted by Crippen LogP contribution is 2.41. The summed E-state index contributed by atoms with van der Waals surface area (Å²) in [5.41, 5.74) is 17.1. The van der Waals surface area contributed by atoms with Crippen molar-refractivity contribution in [3.63, 3.8) is 0 Å². The zero-order valence-corrected chi connectivity index (χ0v) is 19.3. The van der Waals surface area contributed by atoms with Gasteiger partial charge in [-0.2, -0.15) is 0 Å². The van der Waals surface area contributed by atoms with Gasteiger partial charge in [0.2, 0.25) is 0 Å². The Morgan fingerprint density at radius 1 is 1.36 bits per heavy atom. The third-order valence-corrected chi connectivity index (χ3v) is 6.21. The first-order chi connectivity index (χ1) is 15.9. The number of aromatic amines is 1. The normalized spacial score (nSPS) is 23.2. The lowest BCUT2D eigenvalue weighted by Crippen LogP contribution is -2.21. The number of H-pyrrole nitrogens is 1. The number of ether oxygens (including phenoxy) is 2. The molecule has 33 heavy (non-hydrogen) atoms. The first-order valence-electron chi connectivity index (χ1n) is 11.0. The number of likely N-dealkylation sites (N-methyl/N-ethyl adjacent to an activating group) is 1. The number of rotatable bonds is 6. The minimum absolute atomic E-state index is 0.103. The summed E-state index contributed by atoms with van der Waals surface area (Å²) in [7, 11) is 3.87. The van der Waals surface area contributed by atoms with Crippen LogP contribution in [0.2, 0.25) is 0 Å². The molecule has 0 spiro atoms. The molecule has 2 fully saturated rings. The van der Waals surface area contributed by atoms with E-state index in [1.54, 1.807) is 25.3 Å². The maximum absolute atomic E-state index is 10.2. The highest BCUT2D eigenvalue weighted by atomic mass is 16.5. The maximum atomic E-state index is 10.2. The lowest BCUT2D eigenvalue weighted by Gasteiger charge is -2.20. The van der Waals surface area contributed by atoms with E-state index >= 15 is 0 Å². The largest absolute Gasteiger partial charge is 0.507 e. The summed E-state index contributed by atoms with van der Waals surface area (Å²) in [4.78, 5) is 14.8. The third-order valence-electron chi connectivity index (χ3n) is 6.21. The zero-order chi connectivity index (χ0) is 24.0. The van der Waals surface area contributed by atoms with Crippen molar-refractivity contribution >= 4 is 23.9 Å². The minimum atomic E-state index is 0.103. The van der Waals surface area contributed by atoms with Gasteiger partial charge in [0.1, 0.15) is 17.9 Å². The van der Waals surface area contributed by atoms with Crippen LogP contribution in [-0.4, -0.2) is 67.8 Å². The molecule has 6 N–H and O–H groups in total. The molecule has 2 saturated heterocycles. The number of para-hydroxylation sites is 1. The Hall–Kier alpha value is -3.07. The van der Waals surface area contributed by atoms with E-state index in [0.29, 0.717) is 30.0 Å². The van der Waals surface area contributed by atoms with Crippen LogP contribution < -0.4 is 11.5 Å². The van der Waals surface area contributed by atoms with Crippen LogP contribution in [0.15, 0.2) is 36.9 Å². The molecule has 8 nitrogen and oxygen atoms in total. The van der Waals surface area contributed by atoms with Crippen molar-refractivity contribution in [1.82, 2.24) is 9.88 Å². The van der Waals surface area contributed by atoms with Crippen molar-refractivity contribution in [1.29, 1.82) is 0 Å². The highest BCUT2D eigenvalue weighted by Gasteiger charge is 2.38. The number of carbonyl (C=O) groups excluding carboxylic acids is 1. The molecule has 0 amide bonds. The molecular weight excluding hydrogens is 420 g/mol. The smallest absolute Gasteiger partial charge is 0.142 e. The van der Waals surface area contributed by atoms with Crippen LogP contribution in [0.4, 0.5) is 5.82 Å². The number of hydrogen-bond donors (Lipinski definition) is 4. The number of phenolic OH excluding ortho intramolecular Hbond substituents is 1. The second-order valence-corrected chi connectivity index (χ2v) is 8.43. The Bertz CT molecular complexity index is 988. The Labute approximate surface area is 194 Å². The molecule has 0 saturated carbocycles. The predicted molar refractivity (Wildman–Crippen MR) is 131 cm³/mol. The number of anilines is 1. The van der Waals surface area contributed by atoms with Gasteiger partial charge in [-0.15, -0.1) is 0 Å². The number of carbonyl (C=O) groups is 1. The number of hydrogen-bond acceptors (Lipinski definition) is 7. The van der Waals surface area contributed by atoms with Crippen molar-refractivity contribution in [2.75, 3.05) is 46.2 Å². The molecule has 2 aromatic rings. The molecule has 3 heterocycles. The van der Waals surface area contributed by atoms with E-state index in [4.69, 9.17) is 25.7 Å². The van der Waals surface area contributed by atoms with E-state index in [-0.39, 0.29) is 23.7 Å². The Balaban J connectivity index is 0.000000709. The summed E-state index contributed by atoms with van der Waals surface area (Å²) in [6.07, 6.45) is 4.76. The summed E-state index contributed by atoms with van der Waals surface area (Å²) in [6, 6.07) is 7.06. The van der Waals surface area contributed by atoms with E-state index in [1.165, 1.54) is 11.6 Å². The van der Waals surface area contributed by atoms with E-state index in [2.05, 4.69) is 23.5 Å². The number of aldehydes is 1. The van der Waals surface area contributed by atoms with E-state index in [9.17, 15) is 5.11 Å². The molecule has 1 aromatic carbocycles. The van der Waals surface area contributed by atoms with Gasteiger partial charge in [-0.3, -0.25) is 4.79 Å². The van der Waals surface area contributed by atoms with Gasteiger partial charge in [0.25, 0.3) is 0 Å². The average Bonchev–Trinajstić information content (AvgIpc) is 3.53. The summed E-state index contributed by atoms with van der Waals surface area (Å²) in [5.74, 6) is 1.20. The van der Waals surface area contributed by atoms with Crippen molar-refractivity contribution in [3.8, 4) is 5.75 Å². The van der Waals surface area contributed by atoms with E-state index in [1.807, 2.05) is 12.1 Å². The van der Waals surface area contributed by atoms with Crippen LogP contribution >= 0.6 is 0 Å². The average molecular weight is 455 g/mol. The van der Waals surface area contributed by atoms with Crippen LogP contribution in [0.3, 0.4) is 0 Å². The molecule has 2 aliphatic heterocycles. The quantitative estimate of drug-likeness (QED) is 0.390. The number of benzene rings is 1. The number of aromatic nitrogens is 1. The van der Waals surface area contributed by atoms with Gasteiger partial charge in [-0.25, -0.2) is 0 Å². The molecule has 8 heteroatoms. The fraction of sp³-hybridized carbons (Fsp3) is 0.400. The number of nitrogen functional groups attached to an aromatic ring is 1. The van der Waals surface area contributed by atoms with Gasteiger partial charge in [-0.05, 0) is 43.3 Å². The number of phenols is 1. The summed E-state index contributed by atoms with van der Waals surface area (Å²) in [5, 5.41) is 10.2. The highest BCUT2D eigenvalue weighted by molar-refractivity contribution is 5.86. The Morgan fingerprint density at radius 2 is 2.09 bits per heavy atom. The number of allylic oxidation sites excluding steroid dienone is 1. The monoisotopic (exact) mass is 454 g/mol. The first-order valence-corrected chi connectivity index (χ1v) is 11.0. The molecule has 0 bridgehead atoms. The number of likely N-dealkylation sites (tertiary alicyclic amines) is 1. The lowest BCUT2D eigenvalue weighted by molar-refractivity contribution is -0.104. The molecule has 0 aliphatic carbocycles. The topological polar surface area (TPSA) is 127 Å². The second kappa shape index (κ2) is 11.2.